The van der Waals surface area contributed by atoms with Gasteiger partial charge in [-0.05, 0) is 60.5 Å². The number of aryl methyl sites for hydroxylation is 3. The van der Waals surface area contributed by atoms with E-state index in [4.69, 9.17) is 0 Å². The van der Waals surface area contributed by atoms with Gasteiger partial charge in [0.05, 0.1) is 28.0 Å². The lowest BCUT2D eigenvalue weighted by atomic mass is 10.1. The Balaban J connectivity index is 1.77. The molecule has 7 nitrogen and oxygen atoms in total. The Morgan fingerprint density at radius 1 is 1.04 bits per heavy atom. The lowest BCUT2D eigenvalue weighted by Crippen LogP contribution is -2.18. The quantitative estimate of drug-likeness (QED) is 0.423. The summed E-state index contributed by atoms with van der Waals surface area (Å²) >= 11 is 3.45. The normalized spacial score (nSPS) is 11.7. The molecule has 0 spiro atoms. The number of H-pyrrole nitrogens is 3. The Hall–Kier alpha value is -3.13. The fraction of sp³-hybridized carbons (Fsp3) is 0.150. The number of hydrogen-bond acceptors (Lipinski definition) is 3. The van der Waals surface area contributed by atoms with Gasteiger partial charge in [-0.3, -0.25) is 14.9 Å². The van der Waals surface area contributed by atoms with Crippen LogP contribution in [0.25, 0.3) is 16.7 Å². The van der Waals surface area contributed by atoms with E-state index in [2.05, 4.69) is 36.0 Å². The van der Waals surface area contributed by atoms with Gasteiger partial charge < -0.3 is 9.97 Å². The van der Waals surface area contributed by atoms with Gasteiger partial charge in [0.1, 0.15) is 0 Å². The SMILES string of the molecule is Cc1ccc(-n2[nH]c(C)c(C=Nc3cc4[nH]c(=O)[nH]c4cc3Br)c2=O)c(C)c1. The van der Waals surface area contributed by atoms with Crippen LogP contribution in [0, 0.1) is 20.8 Å². The molecule has 2 aromatic carbocycles. The molecule has 142 valence electrons. The van der Waals surface area contributed by atoms with Crippen molar-refractivity contribution in [3.63, 3.8) is 0 Å². The number of nitrogens with one attached hydrogen (secondary N) is 3. The van der Waals surface area contributed by atoms with Gasteiger partial charge in [0.25, 0.3) is 5.56 Å². The van der Waals surface area contributed by atoms with Crippen molar-refractivity contribution in [1.29, 1.82) is 0 Å². The summed E-state index contributed by atoms with van der Waals surface area (Å²) < 4.78 is 2.25. The maximum atomic E-state index is 12.9. The van der Waals surface area contributed by atoms with Crippen LogP contribution in [0.1, 0.15) is 22.4 Å². The minimum atomic E-state index is -0.277. The van der Waals surface area contributed by atoms with E-state index in [-0.39, 0.29) is 11.2 Å². The molecule has 0 aliphatic heterocycles. The number of benzene rings is 2. The molecule has 2 aromatic heterocycles. The average Bonchev–Trinajstić information content (AvgIpc) is 3.11. The molecule has 3 N–H and O–H groups in total. The molecule has 0 atom stereocenters. The van der Waals surface area contributed by atoms with E-state index in [0.29, 0.717) is 22.3 Å². The van der Waals surface area contributed by atoms with Gasteiger partial charge in [0.15, 0.2) is 0 Å². The van der Waals surface area contributed by atoms with E-state index >= 15 is 0 Å². The second-order valence-corrected chi connectivity index (χ2v) is 7.62. The lowest BCUT2D eigenvalue weighted by Gasteiger charge is -2.06. The third kappa shape index (κ3) is 3.16. The first-order valence-electron chi connectivity index (χ1n) is 8.68. The lowest BCUT2D eigenvalue weighted by molar-refractivity contribution is 0.828. The molecule has 0 radical (unpaired) electrons. The molecule has 0 aliphatic rings. The number of aliphatic imine (C=N–C) groups is 1. The number of aromatic amines is 3. The van der Waals surface area contributed by atoms with Crippen molar-refractivity contribution in [2.24, 2.45) is 4.99 Å². The number of fused-ring (bicyclic) bond motifs is 1. The van der Waals surface area contributed by atoms with Gasteiger partial charge in [-0.15, -0.1) is 0 Å². The van der Waals surface area contributed by atoms with E-state index in [0.717, 1.165) is 27.0 Å². The molecule has 0 unspecified atom stereocenters. The summed E-state index contributed by atoms with van der Waals surface area (Å²) in [7, 11) is 0. The molecule has 2 heterocycles. The summed E-state index contributed by atoms with van der Waals surface area (Å²) in [6, 6.07) is 9.46. The van der Waals surface area contributed by atoms with Gasteiger partial charge in [-0.25, -0.2) is 9.48 Å². The highest BCUT2D eigenvalue weighted by Gasteiger charge is 2.13. The number of imidazole rings is 1. The second kappa shape index (κ2) is 6.79. The van der Waals surface area contributed by atoms with Gasteiger partial charge in [-0.1, -0.05) is 17.7 Å². The fourth-order valence-corrected chi connectivity index (χ4v) is 3.66. The summed E-state index contributed by atoms with van der Waals surface area (Å²) in [5.41, 5.74) is 5.67. The first kappa shape index (κ1) is 18.2. The molecule has 28 heavy (non-hydrogen) atoms. The van der Waals surface area contributed by atoms with Crippen LogP contribution in [0.4, 0.5) is 5.69 Å². The Kier molecular flexibility index (Phi) is 4.43. The van der Waals surface area contributed by atoms with Crippen LogP contribution in [0.15, 0.2) is 49.4 Å². The van der Waals surface area contributed by atoms with Gasteiger partial charge in [0, 0.05) is 16.4 Å². The molecule has 0 bridgehead atoms. The van der Waals surface area contributed by atoms with Crippen molar-refractivity contribution in [3.05, 3.63) is 78.0 Å². The highest BCUT2D eigenvalue weighted by atomic mass is 79.9. The number of nitrogens with zero attached hydrogens (tertiary/aromatic N) is 2. The molecular weight excluding hydrogens is 422 g/mol. The summed E-state index contributed by atoms with van der Waals surface area (Å²) in [6.07, 6.45) is 1.55. The first-order chi connectivity index (χ1) is 13.3. The maximum absolute atomic E-state index is 12.9. The van der Waals surface area contributed by atoms with Crippen LogP contribution in [-0.2, 0) is 0 Å². The van der Waals surface area contributed by atoms with Crippen molar-refractivity contribution < 1.29 is 0 Å². The molecule has 0 saturated heterocycles. The molecule has 0 fully saturated rings. The van der Waals surface area contributed by atoms with Crippen LogP contribution in [0.5, 0.6) is 0 Å². The molecule has 0 aliphatic carbocycles. The topological polar surface area (TPSA) is 98.8 Å². The van der Waals surface area contributed by atoms with E-state index in [1.54, 1.807) is 18.3 Å². The van der Waals surface area contributed by atoms with Gasteiger partial charge in [-0.2, -0.15) is 0 Å². The fourth-order valence-electron chi connectivity index (χ4n) is 3.22. The predicted molar refractivity (Wildman–Crippen MR) is 114 cm³/mol. The van der Waals surface area contributed by atoms with Gasteiger partial charge in [0.2, 0.25) is 0 Å². The van der Waals surface area contributed by atoms with E-state index in [9.17, 15) is 9.59 Å². The smallest absolute Gasteiger partial charge is 0.306 e. The van der Waals surface area contributed by atoms with E-state index < -0.39 is 0 Å². The minimum Gasteiger partial charge on any atom is -0.306 e. The third-order valence-electron chi connectivity index (χ3n) is 4.63. The van der Waals surface area contributed by atoms with Crippen molar-refractivity contribution in [2.75, 3.05) is 0 Å². The maximum Gasteiger partial charge on any atom is 0.323 e. The number of rotatable bonds is 3. The zero-order valence-corrected chi connectivity index (χ0v) is 17.1. The van der Waals surface area contributed by atoms with Crippen molar-refractivity contribution >= 4 is 38.9 Å². The van der Waals surface area contributed by atoms with Crippen molar-refractivity contribution in [3.8, 4) is 5.69 Å². The van der Waals surface area contributed by atoms with Crippen LogP contribution in [0.2, 0.25) is 0 Å². The van der Waals surface area contributed by atoms with Crippen LogP contribution < -0.4 is 11.2 Å². The van der Waals surface area contributed by atoms with Crippen LogP contribution >= 0.6 is 15.9 Å². The van der Waals surface area contributed by atoms with E-state index in [1.807, 2.05) is 39.0 Å². The molecule has 4 aromatic rings. The number of hydrogen-bond donors (Lipinski definition) is 3. The summed E-state index contributed by atoms with van der Waals surface area (Å²) in [5, 5.41) is 3.12. The zero-order chi connectivity index (χ0) is 20.0. The minimum absolute atomic E-state index is 0.166. The van der Waals surface area contributed by atoms with Gasteiger partial charge >= 0.3 is 5.69 Å². The second-order valence-electron chi connectivity index (χ2n) is 6.77. The summed E-state index contributed by atoms with van der Waals surface area (Å²) in [6.45, 7) is 5.83. The van der Waals surface area contributed by atoms with Crippen LogP contribution in [-0.4, -0.2) is 26.0 Å². The Bertz CT molecular complexity index is 1350. The summed E-state index contributed by atoms with van der Waals surface area (Å²) in [5.74, 6) is 0. The largest absolute Gasteiger partial charge is 0.323 e. The first-order valence-corrected chi connectivity index (χ1v) is 9.47. The van der Waals surface area contributed by atoms with Crippen molar-refractivity contribution in [2.45, 2.75) is 20.8 Å². The monoisotopic (exact) mass is 439 g/mol. The Morgan fingerprint density at radius 3 is 2.46 bits per heavy atom. The Morgan fingerprint density at radius 2 is 1.75 bits per heavy atom. The standard InChI is InChI=1S/C20H18BrN5O2/c1-10-4-5-18(11(2)6-10)26-19(27)13(12(3)25-26)9-22-15-8-17-16(7-14(15)21)23-20(28)24-17/h4-9,25H,1-3H3,(H2,23,24,28). The zero-order valence-electron chi connectivity index (χ0n) is 15.6. The van der Waals surface area contributed by atoms with Crippen molar-refractivity contribution in [1.82, 2.24) is 19.7 Å². The number of aromatic nitrogens is 4. The highest BCUT2D eigenvalue weighted by molar-refractivity contribution is 9.10. The molecule has 0 amide bonds. The molecule has 0 saturated carbocycles. The third-order valence-corrected chi connectivity index (χ3v) is 5.26. The molecule has 8 heteroatoms. The number of halogens is 1. The highest BCUT2D eigenvalue weighted by Crippen LogP contribution is 2.28. The van der Waals surface area contributed by atoms with E-state index in [1.165, 1.54) is 4.68 Å². The molecule has 4 rings (SSSR count). The predicted octanol–water partition coefficient (Wildman–Crippen LogP) is 3.77. The molecular formula is C20H18BrN5O2. The van der Waals surface area contributed by atoms with Crippen LogP contribution in [0.3, 0.4) is 0 Å². The summed E-state index contributed by atoms with van der Waals surface area (Å²) in [4.78, 5) is 34.2. The average molecular weight is 440 g/mol. The Labute approximate surface area is 168 Å².